The fourth-order valence-corrected chi connectivity index (χ4v) is 2.19. The molecule has 0 aromatic heterocycles. The molecule has 0 N–H and O–H groups in total. The quantitative estimate of drug-likeness (QED) is 0.793. The Kier molecular flexibility index (Phi) is 3.23. The van der Waals surface area contributed by atoms with Crippen LogP contribution in [0.15, 0.2) is 29.8 Å². The third kappa shape index (κ3) is 2.07. The summed E-state index contributed by atoms with van der Waals surface area (Å²) in [6.07, 6.45) is 4.19. The minimum Gasteiger partial charge on any atom is -0.289 e. The molecular weight excluding hydrogens is 212 g/mol. The van der Waals surface area contributed by atoms with Crippen molar-refractivity contribution >= 4 is 11.6 Å². The van der Waals surface area contributed by atoms with Gasteiger partial charge in [-0.2, -0.15) is 0 Å². The van der Waals surface area contributed by atoms with Gasteiger partial charge in [-0.15, -0.1) is 0 Å². The molecule has 0 saturated carbocycles. The van der Waals surface area contributed by atoms with Gasteiger partial charge in [-0.05, 0) is 31.4 Å². The number of fused-ring (bicyclic) bond motifs is 1. The molecule has 1 aliphatic carbocycles. The standard InChI is InChI=1S/C15H16O2/c1-3-4-7-11-9-13(16)12-8-5-6-10(2)14(12)15(11)17/h5-6,8-9H,3-4,7H2,1-2H3. The Labute approximate surface area is 101 Å². The van der Waals surface area contributed by atoms with Gasteiger partial charge in [0.05, 0.1) is 0 Å². The van der Waals surface area contributed by atoms with Crippen LogP contribution in [0.4, 0.5) is 0 Å². The second kappa shape index (κ2) is 4.66. The van der Waals surface area contributed by atoms with Crippen molar-refractivity contribution in [2.75, 3.05) is 0 Å². The predicted octanol–water partition coefficient (Wildman–Crippen LogP) is 3.49. The Balaban J connectivity index is 2.44. The highest BCUT2D eigenvalue weighted by Gasteiger charge is 2.26. The fraction of sp³-hybridized carbons (Fsp3) is 0.333. The summed E-state index contributed by atoms with van der Waals surface area (Å²) in [5.74, 6) is 0.000512. The Hall–Kier alpha value is -1.70. The zero-order chi connectivity index (χ0) is 12.4. The molecule has 0 atom stereocenters. The van der Waals surface area contributed by atoms with Gasteiger partial charge < -0.3 is 0 Å². The molecule has 0 fully saturated rings. The van der Waals surface area contributed by atoms with E-state index in [9.17, 15) is 9.59 Å². The molecule has 0 aliphatic heterocycles. The summed E-state index contributed by atoms with van der Waals surface area (Å²) in [6.45, 7) is 3.96. The van der Waals surface area contributed by atoms with Crippen LogP contribution in [0.3, 0.4) is 0 Å². The largest absolute Gasteiger partial charge is 0.289 e. The van der Waals surface area contributed by atoms with Gasteiger partial charge in [-0.3, -0.25) is 9.59 Å². The van der Waals surface area contributed by atoms with E-state index >= 15 is 0 Å². The van der Waals surface area contributed by atoms with Crippen LogP contribution < -0.4 is 0 Å². The van der Waals surface area contributed by atoms with Crippen LogP contribution >= 0.6 is 0 Å². The van der Waals surface area contributed by atoms with E-state index in [-0.39, 0.29) is 11.6 Å². The van der Waals surface area contributed by atoms with E-state index in [1.54, 1.807) is 6.07 Å². The number of benzene rings is 1. The fourth-order valence-electron chi connectivity index (χ4n) is 2.19. The Morgan fingerprint density at radius 1 is 1.18 bits per heavy atom. The number of Topliss-reactive ketones (excluding diaryl/α,β-unsaturated/α-hetero) is 1. The van der Waals surface area contributed by atoms with E-state index in [1.165, 1.54) is 6.08 Å². The molecule has 2 rings (SSSR count). The lowest BCUT2D eigenvalue weighted by molar-refractivity contribution is 0.0980. The molecular formula is C15H16O2. The molecule has 0 saturated heterocycles. The van der Waals surface area contributed by atoms with Crippen molar-refractivity contribution in [1.82, 2.24) is 0 Å². The SMILES string of the molecule is CCCCC1=CC(=O)c2cccc(C)c2C1=O. The first kappa shape index (κ1) is 11.8. The van der Waals surface area contributed by atoms with Crippen molar-refractivity contribution < 1.29 is 9.59 Å². The van der Waals surface area contributed by atoms with Crippen molar-refractivity contribution in [2.45, 2.75) is 33.1 Å². The van der Waals surface area contributed by atoms with Crippen LogP contribution in [0.1, 0.15) is 52.5 Å². The van der Waals surface area contributed by atoms with Gasteiger partial charge in [0.15, 0.2) is 11.6 Å². The highest BCUT2D eigenvalue weighted by Crippen LogP contribution is 2.26. The number of hydrogen-bond donors (Lipinski definition) is 0. The van der Waals surface area contributed by atoms with Gasteiger partial charge in [-0.25, -0.2) is 0 Å². The molecule has 0 radical (unpaired) electrons. The van der Waals surface area contributed by atoms with Crippen LogP contribution in [0.2, 0.25) is 0 Å². The average molecular weight is 228 g/mol. The number of ketones is 2. The number of rotatable bonds is 3. The predicted molar refractivity (Wildman–Crippen MR) is 67.4 cm³/mol. The normalized spacial score (nSPS) is 14.6. The molecule has 0 unspecified atom stereocenters. The minimum absolute atomic E-state index is 0.0330. The topological polar surface area (TPSA) is 34.1 Å². The van der Waals surface area contributed by atoms with E-state index in [2.05, 4.69) is 6.92 Å². The number of hydrogen-bond acceptors (Lipinski definition) is 2. The molecule has 1 aromatic carbocycles. The van der Waals surface area contributed by atoms with Crippen molar-refractivity contribution in [3.8, 4) is 0 Å². The van der Waals surface area contributed by atoms with Crippen molar-refractivity contribution in [1.29, 1.82) is 0 Å². The van der Waals surface area contributed by atoms with Gasteiger partial charge in [0.2, 0.25) is 0 Å². The van der Waals surface area contributed by atoms with Gasteiger partial charge in [0.1, 0.15) is 0 Å². The molecule has 0 bridgehead atoms. The van der Waals surface area contributed by atoms with E-state index in [0.29, 0.717) is 23.1 Å². The maximum absolute atomic E-state index is 12.3. The van der Waals surface area contributed by atoms with E-state index in [0.717, 1.165) is 18.4 Å². The zero-order valence-electron chi connectivity index (χ0n) is 10.2. The maximum Gasteiger partial charge on any atom is 0.190 e. The van der Waals surface area contributed by atoms with Crippen LogP contribution in [-0.2, 0) is 0 Å². The number of carbonyl (C=O) groups excluding carboxylic acids is 2. The molecule has 0 amide bonds. The third-order valence-electron chi connectivity index (χ3n) is 3.16. The third-order valence-corrected chi connectivity index (χ3v) is 3.16. The Bertz CT molecular complexity index is 510. The van der Waals surface area contributed by atoms with Gasteiger partial charge in [0, 0.05) is 16.7 Å². The van der Waals surface area contributed by atoms with E-state index < -0.39 is 0 Å². The highest BCUT2D eigenvalue weighted by molar-refractivity contribution is 6.25. The first-order valence-corrected chi connectivity index (χ1v) is 6.04. The van der Waals surface area contributed by atoms with E-state index in [1.807, 2.05) is 19.1 Å². The molecule has 0 spiro atoms. The highest BCUT2D eigenvalue weighted by atomic mass is 16.1. The van der Waals surface area contributed by atoms with Crippen molar-refractivity contribution in [3.63, 3.8) is 0 Å². The molecule has 2 heteroatoms. The number of carbonyl (C=O) groups is 2. The lowest BCUT2D eigenvalue weighted by atomic mass is 9.85. The lowest BCUT2D eigenvalue weighted by Gasteiger charge is -2.16. The number of unbranched alkanes of at least 4 members (excludes halogenated alkanes) is 1. The van der Waals surface area contributed by atoms with Gasteiger partial charge in [0.25, 0.3) is 0 Å². The monoisotopic (exact) mass is 228 g/mol. The molecule has 0 heterocycles. The van der Waals surface area contributed by atoms with Crippen LogP contribution in [0, 0.1) is 6.92 Å². The Morgan fingerprint density at radius 2 is 1.94 bits per heavy atom. The summed E-state index contributed by atoms with van der Waals surface area (Å²) < 4.78 is 0. The second-order valence-electron chi connectivity index (χ2n) is 4.46. The molecule has 1 aromatic rings. The summed E-state index contributed by atoms with van der Waals surface area (Å²) in [7, 11) is 0. The van der Waals surface area contributed by atoms with Crippen molar-refractivity contribution in [3.05, 3.63) is 46.5 Å². The number of aryl methyl sites for hydroxylation is 1. The molecule has 17 heavy (non-hydrogen) atoms. The molecule has 1 aliphatic rings. The summed E-state index contributed by atoms with van der Waals surface area (Å²) in [5, 5.41) is 0. The maximum atomic E-state index is 12.3. The molecule has 2 nitrogen and oxygen atoms in total. The first-order chi connectivity index (χ1) is 8.15. The second-order valence-corrected chi connectivity index (χ2v) is 4.46. The van der Waals surface area contributed by atoms with Crippen LogP contribution in [0.25, 0.3) is 0 Å². The number of allylic oxidation sites excluding steroid dienone is 2. The average Bonchev–Trinajstić information content (AvgIpc) is 2.32. The summed E-state index contributed by atoms with van der Waals surface area (Å²) in [5.41, 5.74) is 2.71. The van der Waals surface area contributed by atoms with E-state index in [4.69, 9.17) is 0 Å². The zero-order valence-corrected chi connectivity index (χ0v) is 10.2. The van der Waals surface area contributed by atoms with Crippen LogP contribution in [-0.4, -0.2) is 11.6 Å². The first-order valence-electron chi connectivity index (χ1n) is 6.04. The van der Waals surface area contributed by atoms with Gasteiger partial charge >= 0.3 is 0 Å². The summed E-state index contributed by atoms with van der Waals surface area (Å²) >= 11 is 0. The van der Waals surface area contributed by atoms with Crippen molar-refractivity contribution in [2.24, 2.45) is 0 Å². The van der Waals surface area contributed by atoms with Gasteiger partial charge in [-0.1, -0.05) is 31.5 Å². The Morgan fingerprint density at radius 3 is 2.65 bits per heavy atom. The summed E-state index contributed by atoms with van der Waals surface area (Å²) in [6, 6.07) is 5.44. The lowest BCUT2D eigenvalue weighted by Crippen LogP contribution is -2.18. The smallest absolute Gasteiger partial charge is 0.190 e. The summed E-state index contributed by atoms with van der Waals surface area (Å²) in [4.78, 5) is 24.2. The minimum atomic E-state index is -0.0330. The van der Waals surface area contributed by atoms with Crippen LogP contribution in [0.5, 0.6) is 0 Å². The molecule has 88 valence electrons.